The lowest BCUT2D eigenvalue weighted by atomic mass is 9.95. The molecule has 2 aromatic heterocycles. The van der Waals surface area contributed by atoms with E-state index in [-0.39, 0.29) is 0 Å². The van der Waals surface area contributed by atoms with Gasteiger partial charge in [0, 0.05) is 19.3 Å². The van der Waals surface area contributed by atoms with Gasteiger partial charge in [0.05, 0.1) is 16.9 Å². The molecule has 0 radical (unpaired) electrons. The Bertz CT molecular complexity index is 877. The van der Waals surface area contributed by atoms with Crippen LogP contribution in [0.3, 0.4) is 0 Å². The lowest BCUT2D eigenvalue weighted by Crippen LogP contribution is -2.22. The first kappa shape index (κ1) is 15.9. The van der Waals surface area contributed by atoms with Gasteiger partial charge in [0.15, 0.2) is 5.82 Å². The average molecular weight is 335 g/mol. The number of rotatable bonds is 4. The first-order chi connectivity index (χ1) is 12.2. The highest BCUT2D eigenvalue weighted by atomic mass is 15.1. The van der Waals surface area contributed by atoms with Crippen molar-refractivity contribution in [2.45, 2.75) is 45.1 Å². The van der Waals surface area contributed by atoms with Crippen LogP contribution in [-0.4, -0.2) is 20.6 Å². The zero-order valence-corrected chi connectivity index (χ0v) is 14.9. The standard InChI is InChI=1S/C20H25N5/c1-14-8-9-16(18(12-14)23-15-6-4-3-5-7-15)24-20-19-17(21-13-22-20)10-11-25(19)2/h8-13,15,23H,3-7H2,1-2H3,(H,21,22,24). The van der Waals surface area contributed by atoms with Crippen molar-refractivity contribution >= 4 is 28.2 Å². The molecule has 2 N–H and O–H groups in total. The van der Waals surface area contributed by atoms with Crippen molar-refractivity contribution in [3.63, 3.8) is 0 Å². The van der Waals surface area contributed by atoms with Crippen LogP contribution in [0.5, 0.6) is 0 Å². The molecule has 0 bridgehead atoms. The normalized spacial score (nSPS) is 15.4. The molecule has 0 spiro atoms. The van der Waals surface area contributed by atoms with Crippen LogP contribution < -0.4 is 10.6 Å². The molecule has 4 rings (SSSR count). The van der Waals surface area contributed by atoms with E-state index in [0.717, 1.165) is 28.2 Å². The summed E-state index contributed by atoms with van der Waals surface area (Å²) in [7, 11) is 2.02. The van der Waals surface area contributed by atoms with Crippen LogP contribution >= 0.6 is 0 Å². The molecule has 0 aliphatic heterocycles. The Morgan fingerprint density at radius 3 is 2.72 bits per heavy atom. The van der Waals surface area contributed by atoms with Crippen molar-refractivity contribution < 1.29 is 0 Å². The average Bonchev–Trinajstić information content (AvgIpc) is 3.00. The molecule has 1 saturated carbocycles. The Hall–Kier alpha value is -2.56. The summed E-state index contributed by atoms with van der Waals surface area (Å²) in [6.45, 7) is 2.13. The van der Waals surface area contributed by atoms with E-state index in [4.69, 9.17) is 0 Å². The maximum absolute atomic E-state index is 4.47. The molecule has 25 heavy (non-hydrogen) atoms. The molecule has 5 heteroatoms. The van der Waals surface area contributed by atoms with E-state index in [0.29, 0.717) is 6.04 Å². The molecule has 1 fully saturated rings. The smallest absolute Gasteiger partial charge is 0.158 e. The third-order valence-corrected chi connectivity index (χ3v) is 5.05. The van der Waals surface area contributed by atoms with Crippen molar-refractivity contribution in [3.05, 3.63) is 42.4 Å². The molecule has 0 saturated heterocycles. The van der Waals surface area contributed by atoms with E-state index < -0.39 is 0 Å². The molecule has 1 aromatic carbocycles. The van der Waals surface area contributed by atoms with E-state index in [9.17, 15) is 0 Å². The summed E-state index contributed by atoms with van der Waals surface area (Å²) in [6.07, 6.45) is 10.1. The van der Waals surface area contributed by atoms with Gasteiger partial charge in [0.2, 0.25) is 0 Å². The van der Waals surface area contributed by atoms with Gasteiger partial charge in [-0.15, -0.1) is 0 Å². The number of aryl methyl sites for hydroxylation is 2. The number of anilines is 3. The van der Waals surface area contributed by atoms with E-state index in [2.05, 4.69) is 50.3 Å². The molecule has 1 aliphatic carbocycles. The van der Waals surface area contributed by atoms with Gasteiger partial charge in [-0.2, -0.15) is 0 Å². The summed E-state index contributed by atoms with van der Waals surface area (Å²) in [4.78, 5) is 8.82. The van der Waals surface area contributed by atoms with Gasteiger partial charge in [-0.25, -0.2) is 9.97 Å². The topological polar surface area (TPSA) is 54.8 Å². The lowest BCUT2D eigenvalue weighted by molar-refractivity contribution is 0.463. The molecule has 0 atom stereocenters. The SMILES string of the molecule is Cc1ccc(Nc2ncnc3ccn(C)c23)c(NC2CCCCC2)c1. The highest BCUT2D eigenvalue weighted by Crippen LogP contribution is 2.31. The zero-order valence-electron chi connectivity index (χ0n) is 14.9. The van der Waals surface area contributed by atoms with Crippen LogP contribution in [0.15, 0.2) is 36.8 Å². The Kier molecular flexibility index (Phi) is 4.30. The largest absolute Gasteiger partial charge is 0.381 e. The van der Waals surface area contributed by atoms with Gasteiger partial charge in [0.1, 0.15) is 11.8 Å². The van der Waals surface area contributed by atoms with Gasteiger partial charge < -0.3 is 15.2 Å². The fourth-order valence-corrected chi connectivity index (χ4v) is 3.69. The van der Waals surface area contributed by atoms with Crippen molar-refractivity contribution in [2.75, 3.05) is 10.6 Å². The number of fused-ring (bicyclic) bond motifs is 1. The number of nitrogens with zero attached hydrogens (tertiary/aromatic N) is 3. The van der Waals surface area contributed by atoms with Gasteiger partial charge in [-0.3, -0.25) is 0 Å². The Balaban J connectivity index is 1.66. The van der Waals surface area contributed by atoms with Gasteiger partial charge in [0.25, 0.3) is 0 Å². The molecular formula is C20H25N5. The van der Waals surface area contributed by atoms with Gasteiger partial charge in [-0.05, 0) is 43.5 Å². The first-order valence-electron chi connectivity index (χ1n) is 9.11. The van der Waals surface area contributed by atoms with Crippen LogP contribution in [0, 0.1) is 6.92 Å². The maximum atomic E-state index is 4.47. The monoisotopic (exact) mass is 335 g/mol. The van der Waals surface area contributed by atoms with Crippen molar-refractivity contribution in [1.82, 2.24) is 14.5 Å². The third kappa shape index (κ3) is 3.31. The third-order valence-electron chi connectivity index (χ3n) is 5.05. The van der Waals surface area contributed by atoms with Crippen molar-refractivity contribution in [1.29, 1.82) is 0 Å². The molecule has 0 unspecified atom stereocenters. The molecule has 1 aliphatic rings. The number of nitrogens with one attached hydrogen (secondary N) is 2. The number of hydrogen-bond donors (Lipinski definition) is 2. The van der Waals surface area contributed by atoms with E-state index in [1.54, 1.807) is 6.33 Å². The second-order valence-corrected chi connectivity index (χ2v) is 7.04. The van der Waals surface area contributed by atoms with Crippen LogP contribution in [-0.2, 0) is 7.05 Å². The summed E-state index contributed by atoms with van der Waals surface area (Å²) < 4.78 is 2.06. The number of aromatic nitrogens is 3. The summed E-state index contributed by atoms with van der Waals surface area (Å²) in [5.74, 6) is 0.841. The van der Waals surface area contributed by atoms with Gasteiger partial charge in [-0.1, -0.05) is 25.3 Å². The van der Waals surface area contributed by atoms with E-state index >= 15 is 0 Å². The first-order valence-corrected chi connectivity index (χ1v) is 9.11. The molecule has 2 heterocycles. The van der Waals surface area contributed by atoms with E-state index in [1.165, 1.54) is 37.7 Å². The maximum Gasteiger partial charge on any atom is 0.158 e. The molecule has 3 aromatic rings. The van der Waals surface area contributed by atoms with Crippen molar-refractivity contribution in [3.8, 4) is 0 Å². The predicted molar refractivity (Wildman–Crippen MR) is 103 cm³/mol. The predicted octanol–water partition coefficient (Wildman–Crippen LogP) is 4.76. The van der Waals surface area contributed by atoms with E-state index in [1.807, 2.05) is 19.3 Å². The minimum Gasteiger partial charge on any atom is -0.381 e. The number of benzene rings is 1. The summed E-state index contributed by atoms with van der Waals surface area (Å²) in [6, 6.07) is 9.07. The molecular weight excluding hydrogens is 310 g/mol. The van der Waals surface area contributed by atoms with Crippen LogP contribution in [0.1, 0.15) is 37.7 Å². The zero-order chi connectivity index (χ0) is 17.2. The Morgan fingerprint density at radius 1 is 1.04 bits per heavy atom. The molecule has 0 amide bonds. The Morgan fingerprint density at radius 2 is 1.88 bits per heavy atom. The second-order valence-electron chi connectivity index (χ2n) is 7.04. The fourth-order valence-electron chi connectivity index (χ4n) is 3.69. The van der Waals surface area contributed by atoms with Gasteiger partial charge >= 0.3 is 0 Å². The van der Waals surface area contributed by atoms with Crippen LogP contribution in [0.2, 0.25) is 0 Å². The summed E-state index contributed by atoms with van der Waals surface area (Å²) >= 11 is 0. The highest BCUT2D eigenvalue weighted by molar-refractivity contribution is 5.89. The second kappa shape index (κ2) is 6.75. The van der Waals surface area contributed by atoms with Crippen LogP contribution in [0.25, 0.3) is 11.0 Å². The minimum atomic E-state index is 0.566. The van der Waals surface area contributed by atoms with Crippen LogP contribution in [0.4, 0.5) is 17.2 Å². The quantitative estimate of drug-likeness (QED) is 0.721. The fraction of sp³-hybridized carbons (Fsp3) is 0.400. The minimum absolute atomic E-state index is 0.566. The number of hydrogen-bond acceptors (Lipinski definition) is 4. The van der Waals surface area contributed by atoms with Crippen molar-refractivity contribution in [2.24, 2.45) is 7.05 Å². The summed E-state index contributed by atoms with van der Waals surface area (Å²) in [5.41, 5.74) is 5.46. The lowest BCUT2D eigenvalue weighted by Gasteiger charge is -2.25. The molecule has 5 nitrogen and oxygen atoms in total. The highest BCUT2D eigenvalue weighted by Gasteiger charge is 2.16. The Labute approximate surface area is 148 Å². The summed E-state index contributed by atoms with van der Waals surface area (Å²) in [5, 5.41) is 7.28. The molecule has 130 valence electrons.